The highest BCUT2D eigenvalue weighted by Gasteiger charge is 2.42. The van der Waals surface area contributed by atoms with Gasteiger partial charge in [-0.25, -0.2) is 0 Å². The van der Waals surface area contributed by atoms with Crippen LogP contribution in [0.4, 0.5) is 0 Å². The van der Waals surface area contributed by atoms with Crippen LogP contribution in [0.5, 0.6) is 0 Å². The van der Waals surface area contributed by atoms with Crippen molar-refractivity contribution >= 4 is 5.91 Å². The quantitative estimate of drug-likeness (QED) is 0.395. The summed E-state index contributed by atoms with van der Waals surface area (Å²) in [6.45, 7) is 2.82. The number of rotatable bonds is 1. The first-order chi connectivity index (χ1) is 6.43. The van der Waals surface area contributed by atoms with Crippen molar-refractivity contribution < 1.29 is 24.9 Å². The lowest BCUT2D eigenvalue weighted by molar-refractivity contribution is -0.251. The number of hydrogen-bond acceptors (Lipinski definition) is 5. The standard InChI is InChI=1S/C8H15NO5/c1-3-6(11)5(9-4(2)10)7(12)8(13)14-3/h3,5-8,11-13H,1-2H3,(H,9,10)/t3-,5-,6+,7+,8+/m1/s1. The van der Waals surface area contributed by atoms with Crippen molar-refractivity contribution in [2.24, 2.45) is 0 Å². The Bertz CT molecular complexity index is 208. The van der Waals surface area contributed by atoms with Gasteiger partial charge in [0.15, 0.2) is 6.29 Å². The molecule has 1 heterocycles. The number of carbonyl (C=O) groups is 1. The molecule has 0 spiro atoms. The Balaban J connectivity index is 2.71. The van der Waals surface area contributed by atoms with E-state index in [9.17, 15) is 20.1 Å². The van der Waals surface area contributed by atoms with Gasteiger partial charge in [-0.1, -0.05) is 0 Å². The van der Waals surface area contributed by atoms with Gasteiger partial charge in [-0.05, 0) is 6.92 Å². The minimum Gasteiger partial charge on any atom is -0.388 e. The molecule has 0 aromatic rings. The fraction of sp³-hybridized carbons (Fsp3) is 0.875. The fourth-order valence-corrected chi connectivity index (χ4v) is 1.46. The highest BCUT2D eigenvalue weighted by molar-refractivity contribution is 5.73. The first-order valence-electron chi connectivity index (χ1n) is 4.40. The average Bonchev–Trinajstić information content (AvgIpc) is 2.09. The molecule has 82 valence electrons. The zero-order valence-corrected chi connectivity index (χ0v) is 8.04. The van der Waals surface area contributed by atoms with E-state index in [-0.39, 0.29) is 5.91 Å². The van der Waals surface area contributed by atoms with Crippen molar-refractivity contribution in [2.45, 2.75) is 44.5 Å². The molecule has 6 heteroatoms. The number of aliphatic hydroxyl groups excluding tert-OH is 3. The van der Waals surface area contributed by atoms with E-state index in [1.54, 1.807) is 6.92 Å². The van der Waals surface area contributed by atoms with Gasteiger partial charge in [0.2, 0.25) is 5.91 Å². The maximum atomic E-state index is 10.8. The summed E-state index contributed by atoms with van der Waals surface area (Å²) < 4.78 is 4.83. The summed E-state index contributed by atoms with van der Waals surface area (Å²) in [5, 5.41) is 30.6. The Morgan fingerprint density at radius 3 is 2.36 bits per heavy atom. The summed E-state index contributed by atoms with van der Waals surface area (Å²) in [6, 6.07) is -0.897. The summed E-state index contributed by atoms with van der Waals surface area (Å²) in [7, 11) is 0. The van der Waals surface area contributed by atoms with E-state index in [0.717, 1.165) is 0 Å². The lowest BCUT2D eigenvalue weighted by Gasteiger charge is -2.39. The monoisotopic (exact) mass is 205 g/mol. The molecule has 0 aromatic heterocycles. The minimum atomic E-state index is -1.38. The summed E-state index contributed by atoms with van der Waals surface area (Å²) in [4.78, 5) is 10.8. The van der Waals surface area contributed by atoms with Crippen molar-refractivity contribution in [3.8, 4) is 0 Å². The molecule has 0 saturated carbocycles. The molecule has 1 amide bonds. The van der Waals surface area contributed by atoms with Gasteiger partial charge in [-0.3, -0.25) is 4.79 Å². The van der Waals surface area contributed by atoms with E-state index < -0.39 is 30.6 Å². The van der Waals surface area contributed by atoms with Crippen LogP contribution < -0.4 is 5.32 Å². The molecule has 14 heavy (non-hydrogen) atoms. The first kappa shape index (κ1) is 11.4. The van der Waals surface area contributed by atoms with Crippen molar-refractivity contribution in [3.63, 3.8) is 0 Å². The van der Waals surface area contributed by atoms with Crippen LogP contribution in [0.15, 0.2) is 0 Å². The van der Waals surface area contributed by atoms with Gasteiger partial charge in [0, 0.05) is 6.92 Å². The van der Waals surface area contributed by atoms with Crippen LogP contribution in [0.1, 0.15) is 13.8 Å². The van der Waals surface area contributed by atoms with Crippen molar-refractivity contribution in [3.05, 3.63) is 0 Å². The predicted molar refractivity (Wildman–Crippen MR) is 46.2 cm³/mol. The maximum absolute atomic E-state index is 10.8. The summed E-state index contributed by atoms with van der Waals surface area (Å²) >= 11 is 0. The van der Waals surface area contributed by atoms with E-state index in [4.69, 9.17) is 4.74 Å². The molecule has 4 N–H and O–H groups in total. The average molecular weight is 205 g/mol. The molecule has 1 aliphatic rings. The molecule has 0 aromatic carbocycles. The van der Waals surface area contributed by atoms with Crippen LogP contribution in [0.2, 0.25) is 0 Å². The number of nitrogens with one attached hydrogen (secondary N) is 1. The third-order valence-corrected chi connectivity index (χ3v) is 2.23. The third-order valence-electron chi connectivity index (χ3n) is 2.23. The van der Waals surface area contributed by atoms with Gasteiger partial charge in [0.05, 0.1) is 12.1 Å². The van der Waals surface area contributed by atoms with Crippen molar-refractivity contribution in [2.75, 3.05) is 0 Å². The molecule has 5 atom stereocenters. The second-order valence-corrected chi connectivity index (χ2v) is 3.44. The first-order valence-corrected chi connectivity index (χ1v) is 4.40. The summed E-state index contributed by atoms with van der Waals surface area (Å²) in [5.41, 5.74) is 0. The third kappa shape index (κ3) is 2.21. The topological polar surface area (TPSA) is 99.0 Å². The van der Waals surface area contributed by atoms with E-state index in [0.29, 0.717) is 0 Å². The zero-order chi connectivity index (χ0) is 10.9. The van der Waals surface area contributed by atoms with Gasteiger partial charge in [-0.2, -0.15) is 0 Å². The highest BCUT2D eigenvalue weighted by Crippen LogP contribution is 2.19. The molecule has 0 aliphatic carbocycles. The van der Waals surface area contributed by atoms with Crippen LogP contribution in [-0.4, -0.2) is 51.9 Å². The molecule has 1 aliphatic heterocycles. The number of hydrogen-bond donors (Lipinski definition) is 4. The smallest absolute Gasteiger partial charge is 0.217 e. The van der Waals surface area contributed by atoms with E-state index >= 15 is 0 Å². The lowest BCUT2D eigenvalue weighted by atomic mass is 9.97. The molecular formula is C8H15NO5. The predicted octanol–water partition coefficient (Wildman–Crippen LogP) is -2.05. The Labute approximate surface area is 81.5 Å². The van der Waals surface area contributed by atoms with Crippen molar-refractivity contribution in [1.29, 1.82) is 0 Å². The summed E-state index contributed by atoms with van der Waals surface area (Å²) in [5.74, 6) is -0.380. The number of aliphatic hydroxyl groups is 3. The fourth-order valence-electron chi connectivity index (χ4n) is 1.46. The second-order valence-electron chi connectivity index (χ2n) is 3.44. The van der Waals surface area contributed by atoms with Gasteiger partial charge in [-0.15, -0.1) is 0 Å². The molecule has 0 radical (unpaired) electrons. The zero-order valence-electron chi connectivity index (χ0n) is 8.04. The Morgan fingerprint density at radius 2 is 1.86 bits per heavy atom. The van der Waals surface area contributed by atoms with Crippen molar-refractivity contribution in [1.82, 2.24) is 5.32 Å². The number of amides is 1. The lowest BCUT2D eigenvalue weighted by Crippen LogP contribution is -2.62. The summed E-state index contributed by atoms with van der Waals surface area (Å²) in [6.07, 6.45) is -4.36. The van der Waals surface area contributed by atoms with E-state index in [1.165, 1.54) is 6.92 Å². The molecule has 1 fully saturated rings. The SMILES string of the molecule is CC(=O)N[C@@H]1[C@@H](O)[C@@H](C)O[C@H](O)[C@H]1O. The van der Waals surface area contributed by atoms with Crippen LogP contribution >= 0.6 is 0 Å². The van der Waals surface area contributed by atoms with Crippen LogP contribution in [0.25, 0.3) is 0 Å². The van der Waals surface area contributed by atoms with Crippen LogP contribution in [-0.2, 0) is 9.53 Å². The molecule has 0 bridgehead atoms. The van der Waals surface area contributed by atoms with Gasteiger partial charge >= 0.3 is 0 Å². The molecule has 1 rings (SSSR count). The normalized spacial score (nSPS) is 43.4. The van der Waals surface area contributed by atoms with Gasteiger partial charge in [0.25, 0.3) is 0 Å². The number of carbonyl (C=O) groups excluding carboxylic acids is 1. The molecule has 6 nitrogen and oxygen atoms in total. The Kier molecular flexibility index (Phi) is 3.43. The van der Waals surface area contributed by atoms with Crippen LogP contribution in [0, 0.1) is 0 Å². The highest BCUT2D eigenvalue weighted by atomic mass is 16.6. The van der Waals surface area contributed by atoms with Gasteiger partial charge in [0.1, 0.15) is 12.2 Å². The minimum absolute atomic E-state index is 0.380. The van der Waals surface area contributed by atoms with Gasteiger partial charge < -0.3 is 25.4 Å². The molecule has 1 saturated heterocycles. The van der Waals surface area contributed by atoms with E-state index in [2.05, 4.69) is 5.32 Å². The Hall–Kier alpha value is -0.690. The largest absolute Gasteiger partial charge is 0.388 e. The number of ether oxygens (including phenoxy) is 1. The Morgan fingerprint density at radius 1 is 1.29 bits per heavy atom. The molecule has 0 unspecified atom stereocenters. The second kappa shape index (κ2) is 4.22. The van der Waals surface area contributed by atoms with Crippen LogP contribution in [0.3, 0.4) is 0 Å². The van der Waals surface area contributed by atoms with E-state index in [1.807, 2.05) is 0 Å². The molecular weight excluding hydrogens is 190 g/mol. The maximum Gasteiger partial charge on any atom is 0.217 e.